The van der Waals surface area contributed by atoms with E-state index in [1.807, 2.05) is 0 Å². The zero-order valence-electron chi connectivity index (χ0n) is 8.57. The number of halogens is 3. The molecule has 0 saturated carbocycles. The van der Waals surface area contributed by atoms with E-state index in [0.717, 1.165) is 6.07 Å². The summed E-state index contributed by atoms with van der Waals surface area (Å²) in [5.74, 6) is 0.137. The molecule has 2 rings (SSSR count). The van der Waals surface area contributed by atoms with Gasteiger partial charge in [-0.1, -0.05) is 12.1 Å². The fraction of sp³-hybridized carbons (Fsp3) is 0.182. The average molecular weight is 243 g/mol. The Kier molecular flexibility index (Phi) is 3.03. The topological polar surface area (TPSA) is 35.3 Å². The maximum atomic E-state index is 12.6. The molecule has 0 atom stereocenters. The van der Waals surface area contributed by atoms with Crippen molar-refractivity contribution < 1.29 is 22.3 Å². The van der Waals surface area contributed by atoms with Gasteiger partial charge in [0.15, 0.2) is 12.2 Å². The largest absolute Gasteiger partial charge is 0.485 e. The first kappa shape index (κ1) is 11.5. The van der Waals surface area contributed by atoms with Crippen molar-refractivity contribution >= 4 is 0 Å². The minimum Gasteiger partial charge on any atom is -0.485 e. The Labute approximate surface area is 94.8 Å². The maximum Gasteiger partial charge on any atom is 0.419 e. The molecule has 0 saturated heterocycles. The number of hydrogen-bond donors (Lipinski definition) is 0. The van der Waals surface area contributed by atoms with Crippen LogP contribution in [0.5, 0.6) is 5.75 Å². The number of nitrogens with zero attached hydrogens (tertiary/aromatic N) is 1. The van der Waals surface area contributed by atoms with Gasteiger partial charge in [0.05, 0.1) is 11.8 Å². The van der Waals surface area contributed by atoms with Crippen LogP contribution in [0.1, 0.15) is 11.3 Å². The highest BCUT2D eigenvalue weighted by molar-refractivity contribution is 5.35. The molecule has 17 heavy (non-hydrogen) atoms. The molecule has 0 N–H and O–H groups in total. The molecule has 0 fully saturated rings. The van der Waals surface area contributed by atoms with Crippen molar-refractivity contribution in [3.05, 3.63) is 48.2 Å². The number of oxazole rings is 1. The summed E-state index contributed by atoms with van der Waals surface area (Å²) in [7, 11) is 0. The van der Waals surface area contributed by atoms with Crippen LogP contribution in [-0.4, -0.2) is 4.98 Å². The van der Waals surface area contributed by atoms with Gasteiger partial charge in [-0.2, -0.15) is 13.2 Å². The highest BCUT2D eigenvalue weighted by Crippen LogP contribution is 2.36. The summed E-state index contributed by atoms with van der Waals surface area (Å²) in [6.07, 6.45) is -1.86. The Bertz CT molecular complexity index is 480. The molecule has 1 aromatic carbocycles. The number of ether oxygens (including phenoxy) is 1. The van der Waals surface area contributed by atoms with E-state index in [1.165, 1.54) is 30.8 Å². The molecule has 0 unspecified atom stereocenters. The molecule has 0 aliphatic heterocycles. The van der Waals surface area contributed by atoms with E-state index in [-0.39, 0.29) is 12.4 Å². The second kappa shape index (κ2) is 4.48. The summed E-state index contributed by atoms with van der Waals surface area (Å²) in [6.45, 7) is -0.0902. The van der Waals surface area contributed by atoms with Crippen LogP contribution in [0.2, 0.25) is 0 Å². The van der Waals surface area contributed by atoms with E-state index < -0.39 is 11.7 Å². The van der Waals surface area contributed by atoms with Gasteiger partial charge >= 0.3 is 6.18 Å². The Hall–Kier alpha value is -1.98. The number of benzene rings is 1. The van der Waals surface area contributed by atoms with Crippen LogP contribution in [0.25, 0.3) is 0 Å². The van der Waals surface area contributed by atoms with Gasteiger partial charge in [0.25, 0.3) is 0 Å². The minimum absolute atomic E-state index is 0.0902. The Morgan fingerprint density at radius 1 is 1.24 bits per heavy atom. The van der Waals surface area contributed by atoms with Crippen LogP contribution in [0.3, 0.4) is 0 Å². The van der Waals surface area contributed by atoms with Gasteiger partial charge in [-0.3, -0.25) is 0 Å². The third kappa shape index (κ3) is 2.77. The van der Waals surface area contributed by atoms with E-state index in [0.29, 0.717) is 5.76 Å². The Morgan fingerprint density at radius 2 is 2.00 bits per heavy atom. The molecule has 1 heterocycles. The maximum absolute atomic E-state index is 12.6. The zero-order chi connectivity index (χ0) is 12.3. The third-order valence-electron chi connectivity index (χ3n) is 2.05. The van der Waals surface area contributed by atoms with E-state index >= 15 is 0 Å². The van der Waals surface area contributed by atoms with Crippen LogP contribution in [0.4, 0.5) is 13.2 Å². The van der Waals surface area contributed by atoms with Gasteiger partial charge in [0.2, 0.25) is 0 Å². The third-order valence-corrected chi connectivity index (χ3v) is 2.05. The molecule has 1 aromatic heterocycles. The molecular weight excluding hydrogens is 235 g/mol. The monoisotopic (exact) mass is 243 g/mol. The summed E-state index contributed by atoms with van der Waals surface area (Å²) < 4.78 is 47.7. The molecule has 90 valence electrons. The number of aromatic nitrogens is 1. The Morgan fingerprint density at radius 3 is 2.65 bits per heavy atom. The fourth-order valence-electron chi connectivity index (χ4n) is 1.29. The predicted molar refractivity (Wildman–Crippen MR) is 52.3 cm³/mol. The van der Waals surface area contributed by atoms with Gasteiger partial charge < -0.3 is 9.15 Å². The average Bonchev–Trinajstić information content (AvgIpc) is 2.78. The van der Waals surface area contributed by atoms with Crippen LogP contribution < -0.4 is 4.74 Å². The lowest BCUT2D eigenvalue weighted by Crippen LogP contribution is -2.08. The highest BCUT2D eigenvalue weighted by atomic mass is 19.4. The highest BCUT2D eigenvalue weighted by Gasteiger charge is 2.34. The number of para-hydroxylation sites is 1. The molecule has 6 heteroatoms. The molecule has 0 aliphatic carbocycles. The molecule has 0 spiro atoms. The second-order valence-corrected chi connectivity index (χ2v) is 3.25. The van der Waals surface area contributed by atoms with Crippen molar-refractivity contribution in [1.29, 1.82) is 0 Å². The lowest BCUT2D eigenvalue weighted by Gasteiger charge is -2.12. The van der Waals surface area contributed by atoms with Crippen molar-refractivity contribution in [2.75, 3.05) is 0 Å². The van der Waals surface area contributed by atoms with Crippen LogP contribution in [-0.2, 0) is 12.8 Å². The minimum atomic E-state index is -4.43. The summed E-state index contributed by atoms with van der Waals surface area (Å²) in [5, 5.41) is 0. The van der Waals surface area contributed by atoms with Crippen LogP contribution in [0.15, 0.2) is 41.3 Å². The molecule has 0 bridgehead atoms. The molecule has 0 amide bonds. The lowest BCUT2D eigenvalue weighted by molar-refractivity contribution is -0.139. The van der Waals surface area contributed by atoms with Crippen LogP contribution in [0, 0.1) is 0 Å². The van der Waals surface area contributed by atoms with E-state index in [1.54, 1.807) is 0 Å². The summed E-state index contributed by atoms with van der Waals surface area (Å²) in [6, 6.07) is 5.02. The van der Waals surface area contributed by atoms with Crippen molar-refractivity contribution in [3.63, 3.8) is 0 Å². The van der Waals surface area contributed by atoms with Crippen LogP contribution >= 0.6 is 0 Å². The van der Waals surface area contributed by atoms with Crippen molar-refractivity contribution in [3.8, 4) is 5.75 Å². The molecule has 0 aliphatic rings. The molecule has 0 radical (unpaired) electrons. The first-order valence-corrected chi connectivity index (χ1v) is 4.74. The quantitative estimate of drug-likeness (QED) is 0.829. The smallest absolute Gasteiger partial charge is 0.419 e. The number of hydrogen-bond acceptors (Lipinski definition) is 3. The van der Waals surface area contributed by atoms with Gasteiger partial charge in [-0.15, -0.1) is 0 Å². The standard InChI is InChI=1S/C11H8F3NO2/c12-11(13,14)9-3-1-2-4-10(9)16-6-8-5-15-7-17-8/h1-5,7H,6H2. The zero-order valence-corrected chi connectivity index (χ0v) is 8.57. The first-order chi connectivity index (χ1) is 8.07. The molecular formula is C11H8F3NO2. The summed E-state index contributed by atoms with van der Waals surface area (Å²) in [4.78, 5) is 3.64. The SMILES string of the molecule is FC(F)(F)c1ccccc1OCc1cnco1. The fourth-order valence-corrected chi connectivity index (χ4v) is 1.29. The Balaban J connectivity index is 2.16. The normalized spacial score (nSPS) is 11.5. The first-order valence-electron chi connectivity index (χ1n) is 4.74. The van der Waals surface area contributed by atoms with Gasteiger partial charge in [-0.25, -0.2) is 4.98 Å². The number of rotatable bonds is 3. The molecule has 3 nitrogen and oxygen atoms in total. The van der Waals surface area contributed by atoms with E-state index in [9.17, 15) is 13.2 Å². The second-order valence-electron chi connectivity index (χ2n) is 3.25. The van der Waals surface area contributed by atoms with Crippen molar-refractivity contribution in [2.24, 2.45) is 0 Å². The van der Waals surface area contributed by atoms with E-state index in [4.69, 9.17) is 9.15 Å². The molecule has 2 aromatic rings. The van der Waals surface area contributed by atoms with E-state index in [2.05, 4.69) is 4.98 Å². The van der Waals surface area contributed by atoms with Crippen molar-refractivity contribution in [2.45, 2.75) is 12.8 Å². The lowest BCUT2D eigenvalue weighted by atomic mass is 10.2. The van der Waals surface area contributed by atoms with Gasteiger partial charge in [-0.05, 0) is 12.1 Å². The van der Waals surface area contributed by atoms with Crippen molar-refractivity contribution in [1.82, 2.24) is 4.98 Å². The summed E-state index contributed by atoms with van der Waals surface area (Å²) >= 11 is 0. The predicted octanol–water partition coefficient (Wildman–Crippen LogP) is 3.27. The van der Waals surface area contributed by atoms with Gasteiger partial charge in [0, 0.05) is 0 Å². The number of alkyl halides is 3. The van der Waals surface area contributed by atoms with Gasteiger partial charge in [0.1, 0.15) is 12.4 Å². The summed E-state index contributed by atoms with van der Waals surface area (Å²) in [5.41, 5.74) is -0.806.